The van der Waals surface area contributed by atoms with Crippen molar-refractivity contribution in [2.75, 3.05) is 11.1 Å². The molecule has 1 aliphatic heterocycles. The quantitative estimate of drug-likeness (QED) is 0.205. The Labute approximate surface area is 226 Å². The average molecular weight is 537 g/mol. The van der Waals surface area contributed by atoms with Crippen LogP contribution in [0.15, 0.2) is 78.0 Å². The predicted molar refractivity (Wildman–Crippen MR) is 145 cm³/mol. The van der Waals surface area contributed by atoms with Crippen LogP contribution in [-0.2, 0) is 25.7 Å². The number of carbonyl (C=O) groups is 2. The van der Waals surface area contributed by atoms with Gasteiger partial charge >= 0.3 is 5.97 Å². The van der Waals surface area contributed by atoms with Gasteiger partial charge in [-0.1, -0.05) is 42.5 Å². The van der Waals surface area contributed by atoms with Gasteiger partial charge in [-0.15, -0.1) is 11.8 Å². The molecule has 38 heavy (non-hydrogen) atoms. The second-order valence-electron chi connectivity index (χ2n) is 9.10. The first-order valence-electron chi connectivity index (χ1n) is 12.7. The number of ether oxygens (including phenoxy) is 2. The lowest BCUT2D eigenvalue weighted by Crippen LogP contribution is -2.31. The van der Waals surface area contributed by atoms with Crippen LogP contribution in [-0.4, -0.2) is 38.9 Å². The normalized spacial score (nSPS) is 19.1. The first kappa shape index (κ1) is 27.8. The van der Waals surface area contributed by atoms with Gasteiger partial charge in [0.2, 0.25) is 5.91 Å². The molecule has 8 nitrogen and oxygen atoms in total. The monoisotopic (exact) mass is 536 g/mol. The number of carboxylic acid groups (broad SMARTS) is 1. The van der Waals surface area contributed by atoms with Gasteiger partial charge < -0.3 is 25.0 Å². The van der Waals surface area contributed by atoms with Crippen molar-refractivity contribution in [3.05, 3.63) is 89.6 Å². The van der Waals surface area contributed by atoms with Gasteiger partial charge in [0.1, 0.15) is 0 Å². The topological polar surface area (TPSA) is 118 Å². The van der Waals surface area contributed by atoms with Crippen LogP contribution in [0.25, 0.3) is 0 Å². The molecule has 0 bridgehead atoms. The molecule has 2 aromatic carbocycles. The number of rotatable bonds is 12. The number of aliphatic hydroxyl groups excluding tert-OH is 1. The molecule has 0 unspecified atom stereocenters. The van der Waals surface area contributed by atoms with Gasteiger partial charge in [-0.05, 0) is 48.2 Å². The highest BCUT2D eigenvalue weighted by molar-refractivity contribution is 7.99. The number of aromatic nitrogens is 1. The largest absolute Gasteiger partial charge is 0.481 e. The average Bonchev–Trinajstić information content (AvgIpc) is 2.95. The highest BCUT2D eigenvalue weighted by Gasteiger charge is 2.32. The van der Waals surface area contributed by atoms with E-state index in [0.717, 1.165) is 21.7 Å². The van der Waals surface area contributed by atoms with Crippen LogP contribution in [0, 0.1) is 0 Å². The SMILES string of the molecule is O=C(O)CCCCC(=O)Nc1cccc([C@@H]2O[C@H](CSc3ccccn3)C[C@H](c3ccc(CO)cc3)O2)c1. The predicted octanol–water partition coefficient (Wildman–Crippen LogP) is 5.50. The fourth-order valence-corrected chi connectivity index (χ4v) is 5.06. The molecule has 4 rings (SSSR count). The molecule has 200 valence electrons. The lowest BCUT2D eigenvalue weighted by molar-refractivity contribution is -0.245. The molecule has 2 heterocycles. The highest BCUT2D eigenvalue weighted by Crippen LogP contribution is 2.39. The van der Waals surface area contributed by atoms with Crippen LogP contribution in [0.5, 0.6) is 0 Å². The molecule has 1 aromatic heterocycles. The molecule has 0 radical (unpaired) electrons. The summed E-state index contributed by atoms with van der Waals surface area (Å²) in [5.41, 5.74) is 3.27. The van der Waals surface area contributed by atoms with E-state index >= 15 is 0 Å². The second-order valence-corrected chi connectivity index (χ2v) is 10.1. The minimum absolute atomic E-state index is 0.0149. The van der Waals surface area contributed by atoms with Gasteiger partial charge in [0.05, 0.1) is 23.8 Å². The van der Waals surface area contributed by atoms with Crippen LogP contribution in [0.1, 0.15) is 61.2 Å². The van der Waals surface area contributed by atoms with E-state index in [1.807, 2.05) is 60.7 Å². The summed E-state index contributed by atoms with van der Waals surface area (Å²) in [4.78, 5) is 27.4. The number of pyridine rings is 1. The van der Waals surface area contributed by atoms with E-state index in [9.17, 15) is 14.7 Å². The van der Waals surface area contributed by atoms with E-state index in [-0.39, 0.29) is 37.6 Å². The van der Waals surface area contributed by atoms with Crippen molar-refractivity contribution in [1.82, 2.24) is 4.98 Å². The van der Waals surface area contributed by atoms with Crippen LogP contribution in [0.3, 0.4) is 0 Å². The lowest BCUT2D eigenvalue weighted by Gasteiger charge is -2.36. The molecule has 9 heteroatoms. The lowest BCUT2D eigenvalue weighted by atomic mass is 10.0. The Morgan fingerprint density at radius 3 is 2.53 bits per heavy atom. The van der Waals surface area contributed by atoms with Crippen LogP contribution in [0.4, 0.5) is 5.69 Å². The van der Waals surface area contributed by atoms with Crippen molar-refractivity contribution in [3.8, 4) is 0 Å². The number of hydrogen-bond donors (Lipinski definition) is 3. The molecular formula is C29H32N2O6S. The number of unbranched alkanes of at least 4 members (excludes halogenated alkanes) is 1. The summed E-state index contributed by atoms with van der Waals surface area (Å²) in [6.07, 6.45) is 2.79. The molecule has 3 atom stereocenters. The van der Waals surface area contributed by atoms with Crippen molar-refractivity contribution in [2.24, 2.45) is 0 Å². The van der Waals surface area contributed by atoms with E-state index in [1.54, 1.807) is 24.0 Å². The summed E-state index contributed by atoms with van der Waals surface area (Å²) in [5, 5.41) is 22.0. The second kappa shape index (κ2) is 14.1. The van der Waals surface area contributed by atoms with E-state index in [4.69, 9.17) is 14.6 Å². The molecule has 1 aliphatic rings. The summed E-state index contributed by atoms with van der Waals surface area (Å²) >= 11 is 1.63. The van der Waals surface area contributed by atoms with E-state index in [1.165, 1.54) is 0 Å². The molecule has 3 N–H and O–H groups in total. The standard InChI is InChI=1S/C29H32N2O6S/c32-18-20-11-13-21(14-12-20)25-17-24(19-38-27-9-3-4-15-30-27)36-29(37-25)22-6-5-7-23(16-22)31-26(33)8-1-2-10-28(34)35/h3-7,9,11-16,24-25,29,32H,1-2,8,10,17-19H2,(H,31,33)(H,34,35)/t24-,25+,29+/m0/s1. The molecule has 1 amide bonds. The number of amides is 1. The number of aliphatic hydroxyl groups is 1. The molecule has 1 saturated heterocycles. The third-order valence-electron chi connectivity index (χ3n) is 6.16. The fraction of sp³-hybridized carbons (Fsp3) is 0.345. The molecule has 3 aromatic rings. The van der Waals surface area contributed by atoms with Crippen molar-refractivity contribution >= 4 is 29.3 Å². The molecule has 0 saturated carbocycles. The maximum absolute atomic E-state index is 12.4. The van der Waals surface area contributed by atoms with Crippen molar-refractivity contribution < 1.29 is 29.3 Å². The number of anilines is 1. The van der Waals surface area contributed by atoms with Gasteiger partial charge in [-0.25, -0.2) is 4.98 Å². The number of benzene rings is 2. The Morgan fingerprint density at radius 2 is 1.79 bits per heavy atom. The Bertz CT molecular complexity index is 1190. The molecular weight excluding hydrogens is 504 g/mol. The molecule has 1 fully saturated rings. The molecule has 0 aliphatic carbocycles. The van der Waals surface area contributed by atoms with Crippen LogP contribution >= 0.6 is 11.8 Å². The zero-order valence-electron chi connectivity index (χ0n) is 21.0. The number of nitrogens with zero attached hydrogens (tertiary/aromatic N) is 1. The zero-order chi connectivity index (χ0) is 26.7. The Kier molecular flexibility index (Phi) is 10.3. The highest BCUT2D eigenvalue weighted by atomic mass is 32.2. The maximum atomic E-state index is 12.4. The summed E-state index contributed by atoms with van der Waals surface area (Å²) in [6, 6.07) is 21.0. The van der Waals surface area contributed by atoms with Gasteiger partial charge in [-0.2, -0.15) is 0 Å². The van der Waals surface area contributed by atoms with E-state index in [0.29, 0.717) is 30.7 Å². The summed E-state index contributed by atoms with van der Waals surface area (Å²) < 4.78 is 12.8. The van der Waals surface area contributed by atoms with Gasteiger partial charge in [0.25, 0.3) is 0 Å². The smallest absolute Gasteiger partial charge is 0.303 e. The first-order valence-corrected chi connectivity index (χ1v) is 13.6. The number of thioether (sulfide) groups is 1. The fourth-order valence-electron chi connectivity index (χ4n) is 4.18. The maximum Gasteiger partial charge on any atom is 0.303 e. The summed E-state index contributed by atoms with van der Waals surface area (Å²) in [5.74, 6) is -0.316. The number of nitrogens with one attached hydrogen (secondary N) is 1. The van der Waals surface area contributed by atoms with Crippen molar-refractivity contribution in [2.45, 2.75) is 62.2 Å². The zero-order valence-corrected chi connectivity index (χ0v) is 21.8. The Morgan fingerprint density at radius 1 is 0.974 bits per heavy atom. The van der Waals surface area contributed by atoms with Gasteiger partial charge in [0, 0.05) is 42.5 Å². The minimum atomic E-state index is -0.857. The van der Waals surface area contributed by atoms with E-state index in [2.05, 4.69) is 10.3 Å². The van der Waals surface area contributed by atoms with Crippen molar-refractivity contribution in [3.63, 3.8) is 0 Å². The third-order valence-corrected chi connectivity index (χ3v) is 7.23. The van der Waals surface area contributed by atoms with E-state index < -0.39 is 12.3 Å². The van der Waals surface area contributed by atoms with Gasteiger partial charge in [-0.3, -0.25) is 9.59 Å². The van der Waals surface area contributed by atoms with Crippen LogP contribution < -0.4 is 5.32 Å². The number of carboxylic acids is 1. The number of carbonyl (C=O) groups excluding carboxylic acids is 1. The Hall–Kier alpha value is -3.24. The summed E-state index contributed by atoms with van der Waals surface area (Å²) in [7, 11) is 0. The number of aliphatic carboxylic acids is 1. The van der Waals surface area contributed by atoms with Crippen molar-refractivity contribution in [1.29, 1.82) is 0 Å². The third kappa shape index (κ3) is 8.39. The minimum Gasteiger partial charge on any atom is -0.481 e. The first-order chi connectivity index (χ1) is 18.5. The molecule has 0 spiro atoms. The van der Waals surface area contributed by atoms with Crippen LogP contribution in [0.2, 0.25) is 0 Å². The number of hydrogen-bond acceptors (Lipinski definition) is 7. The van der Waals surface area contributed by atoms with Gasteiger partial charge in [0.15, 0.2) is 6.29 Å². The summed E-state index contributed by atoms with van der Waals surface area (Å²) in [6.45, 7) is -0.0149. The Balaban J connectivity index is 1.45.